The van der Waals surface area contributed by atoms with Crippen molar-refractivity contribution in [3.8, 4) is 0 Å². The van der Waals surface area contributed by atoms with Crippen LogP contribution in [0.4, 0.5) is 11.4 Å². The zero-order chi connectivity index (χ0) is 22.7. The van der Waals surface area contributed by atoms with E-state index in [4.69, 9.17) is 0 Å². The fourth-order valence-electron chi connectivity index (χ4n) is 3.51. The highest BCUT2D eigenvalue weighted by Crippen LogP contribution is 2.26. The van der Waals surface area contributed by atoms with Crippen LogP contribution in [0.25, 0.3) is 0 Å². The molecule has 5 nitrogen and oxygen atoms in total. The first-order valence-corrected chi connectivity index (χ1v) is 12.0. The highest BCUT2D eigenvalue weighted by molar-refractivity contribution is 9.10. The van der Waals surface area contributed by atoms with Crippen LogP contribution in [-0.4, -0.2) is 18.1 Å². The van der Waals surface area contributed by atoms with E-state index in [-0.39, 0.29) is 0 Å². The van der Waals surface area contributed by atoms with Crippen LogP contribution in [0.1, 0.15) is 35.1 Å². The summed E-state index contributed by atoms with van der Waals surface area (Å²) in [6, 6.07) is 20.1. The number of anilines is 1. The van der Waals surface area contributed by atoms with E-state index < -0.39 is 0 Å². The lowest BCUT2D eigenvalue weighted by Gasteiger charge is -2.19. The molecule has 0 bridgehead atoms. The van der Waals surface area contributed by atoms with Gasteiger partial charge in [0, 0.05) is 14.9 Å². The standard InChI is InChI=1S/C25H23Br2N5/c1-15-12-22-17(3)14-28-24(23(22)13-16(15)2)25(31-29-20-8-4-18(26)5-9-20)32-30-21-10-6-19(27)7-11-21/h4-13,17,29H,14H2,1-3H3/p+1/b31-25+,32-30?. The zero-order valence-electron chi connectivity index (χ0n) is 18.2. The molecule has 0 amide bonds. The highest BCUT2D eigenvalue weighted by Gasteiger charge is 2.29. The monoisotopic (exact) mass is 552 g/mol. The van der Waals surface area contributed by atoms with Gasteiger partial charge in [-0.3, -0.25) is 5.43 Å². The van der Waals surface area contributed by atoms with Crippen LogP contribution in [-0.2, 0) is 0 Å². The van der Waals surface area contributed by atoms with Gasteiger partial charge in [-0.05, 0) is 85.1 Å². The second kappa shape index (κ2) is 9.88. The van der Waals surface area contributed by atoms with E-state index >= 15 is 0 Å². The zero-order valence-corrected chi connectivity index (χ0v) is 21.3. The summed E-state index contributed by atoms with van der Waals surface area (Å²) >= 11 is 6.92. The number of nitrogens with one attached hydrogen (secondary N) is 2. The first-order valence-electron chi connectivity index (χ1n) is 10.4. The van der Waals surface area contributed by atoms with E-state index in [0.717, 1.165) is 38.1 Å². The maximum absolute atomic E-state index is 4.64. The quantitative estimate of drug-likeness (QED) is 0.176. The Hall–Kier alpha value is -2.64. The lowest BCUT2D eigenvalue weighted by Crippen LogP contribution is -2.77. The van der Waals surface area contributed by atoms with Crippen LogP contribution in [0.2, 0.25) is 0 Å². The predicted molar refractivity (Wildman–Crippen MR) is 138 cm³/mol. The molecule has 3 aromatic rings. The SMILES string of the molecule is Cc1cc2c(cc1C)C(C)C[NH+]=C2/C(N=Nc1ccc(Br)cc1)=N\Nc1ccc(Br)cc1. The van der Waals surface area contributed by atoms with Gasteiger partial charge in [0.1, 0.15) is 6.54 Å². The van der Waals surface area contributed by atoms with Crippen LogP contribution >= 0.6 is 31.9 Å². The van der Waals surface area contributed by atoms with Crippen LogP contribution in [0, 0.1) is 13.8 Å². The van der Waals surface area contributed by atoms with Crippen molar-refractivity contribution >= 4 is 54.8 Å². The molecule has 32 heavy (non-hydrogen) atoms. The fraction of sp³-hybridized carbons (Fsp3) is 0.200. The fourth-order valence-corrected chi connectivity index (χ4v) is 4.03. The third kappa shape index (κ3) is 5.22. The number of fused-ring (bicyclic) bond motifs is 1. The van der Waals surface area contributed by atoms with Gasteiger partial charge in [-0.15, -0.1) is 15.3 Å². The minimum absolute atomic E-state index is 0.400. The molecule has 1 aliphatic heterocycles. The van der Waals surface area contributed by atoms with Gasteiger partial charge in [0.15, 0.2) is 0 Å². The topological polar surface area (TPSA) is 63.1 Å². The third-order valence-corrected chi connectivity index (χ3v) is 6.55. The van der Waals surface area contributed by atoms with Crippen molar-refractivity contribution in [1.29, 1.82) is 0 Å². The molecular formula is C25H24Br2N5+. The number of hydrogen-bond acceptors (Lipinski definition) is 3. The van der Waals surface area contributed by atoms with Crippen molar-refractivity contribution in [3.05, 3.63) is 91.9 Å². The summed E-state index contributed by atoms with van der Waals surface area (Å²) in [7, 11) is 0. The number of azo groups is 1. The molecule has 0 radical (unpaired) electrons. The number of benzene rings is 3. The van der Waals surface area contributed by atoms with Gasteiger partial charge in [0.2, 0.25) is 0 Å². The Morgan fingerprint density at radius 3 is 2.25 bits per heavy atom. The van der Waals surface area contributed by atoms with Crippen molar-refractivity contribution in [1.82, 2.24) is 0 Å². The molecule has 2 N–H and O–H groups in total. The molecule has 1 heterocycles. The van der Waals surface area contributed by atoms with Gasteiger partial charge in [-0.1, -0.05) is 44.8 Å². The number of aryl methyl sites for hydroxylation is 2. The molecule has 0 fully saturated rings. The summed E-state index contributed by atoms with van der Waals surface area (Å²) in [4.78, 5) is 3.54. The van der Waals surface area contributed by atoms with Gasteiger partial charge in [-0.2, -0.15) is 0 Å². The maximum Gasteiger partial charge on any atom is 0.265 e. The summed E-state index contributed by atoms with van der Waals surface area (Å²) in [6.07, 6.45) is 0. The molecule has 0 saturated heterocycles. The van der Waals surface area contributed by atoms with E-state index in [1.54, 1.807) is 0 Å². The molecule has 0 aliphatic carbocycles. The first kappa shape index (κ1) is 22.6. The number of nitrogens with zero attached hydrogens (tertiary/aromatic N) is 3. The average Bonchev–Trinajstić information content (AvgIpc) is 2.78. The Morgan fingerprint density at radius 1 is 0.938 bits per heavy atom. The van der Waals surface area contributed by atoms with Crippen molar-refractivity contribution in [3.63, 3.8) is 0 Å². The summed E-state index contributed by atoms with van der Waals surface area (Å²) in [5.74, 6) is 0.907. The van der Waals surface area contributed by atoms with Gasteiger partial charge < -0.3 is 0 Å². The molecule has 1 aliphatic rings. The summed E-state index contributed by atoms with van der Waals surface area (Å²) in [5, 5.41) is 13.6. The molecule has 4 rings (SSSR count). The average molecular weight is 554 g/mol. The van der Waals surface area contributed by atoms with Crippen LogP contribution in [0.15, 0.2) is 84.9 Å². The Bertz CT molecular complexity index is 1210. The van der Waals surface area contributed by atoms with Crippen molar-refractivity contribution in [2.45, 2.75) is 26.7 Å². The van der Waals surface area contributed by atoms with Gasteiger partial charge in [0.05, 0.1) is 16.9 Å². The summed E-state index contributed by atoms with van der Waals surface area (Å²) < 4.78 is 2.01. The van der Waals surface area contributed by atoms with Crippen LogP contribution < -0.4 is 10.4 Å². The molecular weight excluding hydrogens is 530 g/mol. The highest BCUT2D eigenvalue weighted by atomic mass is 79.9. The van der Waals surface area contributed by atoms with E-state index in [0.29, 0.717) is 11.8 Å². The smallest absolute Gasteiger partial charge is 0.265 e. The van der Waals surface area contributed by atoms with Crippen LogP contribution in [0.3, 0.4) is 0 Å². The van der Waals surface area contributed by atoms with Crippen molar-refractivity contribution < 1.29 is 4.99 Å². The lowest BCUT2D eigenvalue weighted by molar-refractivity contribution is -0.460. The molecule has 1 atom stereocenters. The first-order chi connectivity index (χ1) is 15.4. The normalized spacial score (nSPS) is 16.1. The Balaban J connectivity index is 1.75. The van der Waals surface area contributed by atoms with E-state index in [1.165, 1.54) is 16.7 Å². The van der Waals surface area contributed by atoms with Crippen molar-refractivity contribution in [2.24, 2.45) is 15.3 Å². The van der Waals surface area contributed by atoms with E-state index in [9.17, 15) is 0 Å². The maximum atomic E-state index is 4.64. The number of rotatable bonds is 4. The largest absolute Gasteiger partial charge is 0.276 e. The molecule has 162 valence electrons. The molecule has 0 saturated carbocycles. The molecule has 3 aromatic carbocycles. The van der Waals surface area contributed by atoms with Gasteiger partial charge in [0.25, 0.3) is 11.5 Å². The minimum atomic E-state index is 0.400. The molecule has 7 heteroatoms. The Kier molecular flexibility index (Phi) is 6.96. The second-order valence-electron chi connectivity index (χ2n) is 7.91. The van der Waals surface area contributed by atoms with E-state index in [2.05, 4.69) is 90.5 Å². The Morgan fingerprint density at radius 2 is 1.56 bits per heavy atom. The number of halogens is 2. The molecule has 0 aromatic heterocycles. The minimum Gasteiger partial charge on any atom is -0.276 e. The third-order valence-electron chi connectivity index (χ3n) is 5.50. The lowest BCUT2D eigenvalue weighted by atomic mass is 9.87. The van der Waals surface area contributed by atoms with Crippen LogP contribution in [0.5, 0.6) is 0 Å². The Labute approximate surface area is 205 Å². The molecule has 0 spiro atoms. The number of hydrazone groups is 1. The van der Waals surface area contributed by atoms with Gasteiger partial charge in [-0.25, -0.2) is 4.99 Å². The second-order valence-corrected chi connectivity index (χ2v) is 9.74. The summed E-state index contributed by atoms with van der Waals surface area (Å²) in [6.45, 7) is 7.34. The predicted octanol–water partition coefficient (Wildman–Crippen LogP) is 6.02. The molecule has 1 unspecified atom stereocenters. The number of hydrogen-bond donors (Lipinski definition) is 2. The summed E-state index contributed by atoms with van der Waals surface area (Å²) in [5.41, 5.74) is 10.6. The number of amidine groups is 1. The van der Waals surface area contributed by atoms with E-state index in [1.807, 2.05) is 48.5 Å². The van der Waals surface area contributed by atoms with Crippen molar-refractivity contribution in [2.75, 3.05) is 12.0 Å². The van der Waals surface area contributed by atoms with Gasteiger partial charge >= 0.3 is 0 Å².